The smallest absolute Gasteiger partial charge is 0.277 e. The minimum absolute atomic E-state index is 0.0121. The molecule has 0 radical (unpaired) electrons. The molecule has 1 aliphatic carbocycles. The summed E-state index contributed by atoms with van der Waals surface area (Å²) in [6, 6.07) is 8.38. The fourth-order valence-corrected chi connectivity index (χ4v) is 4.68. The lowest BCUT2D eigenvalue weighted by Gasteiger charge is -2.33. The number of hydrazine groups is 1. The van der Waals surface area contributed by atoms with E-state index in [-0.39, 0.29) is 17.4 Å². The SMILES string of the molecule is CC1=C(NC(=O)c2noc3c2C[C@H](C(C)(C)C)CC3)[C@@H](C)NN1Cc1ccccc1C. The van der Waals surface area contributed by atoms with E-state index >= 15 is 0 Å². The number of fused-ring (bicyclic) bond motifs is 1. The molecular weight excluding hydrogens is 388 g/mol. The summed E-state index contributed by atoms with van der Waals surface area (Å²) in [4.78, 5) is 13.2. The van der Waals surface area contributed by atoms with Crippen LogP contribution < -0.4 is 10.7 Å². The predicted octanol–water partition coefficient (Wildman–Crippen LogP) is 4.50. The van der Waals surface area contributed by atoms with Crippen LogP contribution in [0.4, 0.5) is 0 Å². The average molecular weight is 423 g/mol. The highest BCUT2D eigenvalue weighted by Gasteiger charge is 2.35. The van der Waals surface area contributed by atoms with Crippen molar-refractivity contribution in [2.75, 3.05) is 0 Å². The molecule has 4 rings (SSSR count). The summed E-state index contributed by atoms with van der Waals surface area (Å²) in [5.41, 5.74) is 9.51. The minimum atomic E-state index is -0.180. The van der Waals surface area contributed by atoms with Crippen molar-refractivity contribution < 1.29 is 9.32 Å². The summed E-state index contributed by atoms with van der Waals surface area (Å²) in [5, 5.41) is 9.40. The van der Waals surface area contributed by atoms with Crippen LogP contribution in [0.25, 0.3) is 0 Å². The van der Waals surface area contributed by atoms with E-state index in [4.69, 9.17) is 4.52 Å². The van der Waals surface area contributed by atoms with E-state index in [1.165, 1.54) is 11.1 Å². The van der Waals surface area contributed by atoms with Gasteiger partial charge in [0.15, 0.2) is 5.69 Å². The maximum atomic E-state index is 13.2. The Kier molecular flexibility index (Phi) is 5.69. The van der Waals surface area contributed by atoms with Crippen molar-refractivity contribution in [3.05, 3.63) is 63.8 Å². The molecule has 0 spiro atoms. The van der Waals surface area contributed by atoms with Crippen LogP contribution in [0.1, 0.15) is 74.0 Å². The van der Waals surface area contributed by atoms with Crippen LogP contribution in [0, 0.1) is 18.3 Å². The highest BCUT2D eigenvalue weighted by atomic mass is 16.5. The first-order valence-electron chi connectivity index (χ1n) is 11.2. The Morgan fingerprint density at radius 2 is 2.03 bits per heavy atom. The first-order valence-corrected chi connectivity index (χ1v) is 11.2. The van der Waals surface area contributed by atoms with Crippen LogP contribution in [0.3, 0.4) is 0 Å². The molecule has 2 aromatic rings. The summed E-state index contributed by atoms with van der Waals surface area (Å²) in [7, 11) is 0. The van der Waals surface area contributed by atoms with Crippen LogP contribution in [-0.2, 0) is 19.4 Å². The number of benzene rings is 1. The highest BCUT2D eigenvalue weighted by Crippen LogP contribution is 2.38. The minimum Gasteiger partial charge on any atom is -0.360 e. The summed E-state index contributed by atoms with van der Waals surface area (Å²) in [6.07, 6.45) is 2.77. The quantitative estimate of drug-likeness (QED) is 0.759. The molecule has 1 aromatic carbocycles. The molecular formula is C25H34N4O2. The molecule has 1 aliphatic heterocycles. The van der Waals surface area contributed by atoms with Gasteiger partial charge in [-0.3, -0.25) is 4.79 Å². The van der Waals surface area contributed by atoms with Gasteiger partial charge < -0.3 is 14.8 Å². The first-order chi connectivity index (χ1) is 14.6. The number of allylic oxidation sites excluding steroid dienone is 1. The van der Waals surface area contributed by atoms with Crippen LogP contribution in [-0.4, -0.2) is 22.1 Å². The van der Waals surface area contributed by atoms with Gasteiger partial charge >= 0.3 is 0 Å². The number of carbonyl (C=O) groups excluding carboxylic acids is 1. The first kappa shape index (κ1) is 21.6. The van der Waals surface area contributed by atoms with E-state index in [1.54, 1.807) is 0 Å². The fraction of sp³-hybridized carbons (Fsp3) is 0.520. The normalized spacial score (nSPS) is 21.4. The van der Waals surface area contributed by atoms with Crippen LogP contribution >= 0.6 is 0 Å². The van der Waals surface area contributed by atoms with Crippen molar-refractivity contribution >= 4 is 5.91 Å². The standard InChI is InChI=1S/C25H34N4O2/c1-15-9-7-8-10-18(15)14-29-17(3)22(16(2)27-29)26-24(30)23-20-13-19(25(4,5)6)11-12-21(20)31-28-23/h7-10,16,19,27H,11-14H2,1-6H3,(H,26,30)/t16-,19-/m1/s1. The molecule has 6 heteroatoms. The number of nitrogens with one attached hydrogen (secondary N) is 2. The van der Waals surface area contributed by atoms with E-state index in [2.05, 4.69) is 79.8 Å². The molecule has 2 aliphatic rings. The molecule has 31 heavy (non-hydrogen) atoms. The third-order valence-electron chi connectivity index (χ3n) is 6.89. The number of rotatable bonds is 4. The number of carbonyl (C=O) groups is 1. The lowest BCUT2D eigenvalue weighted by atomic mass is 9.71. The van der Waals surface area contributed by atoms with E-state index < -0.39 is 0 Å². The van der Waals surface area contributed by atoms with Gasteiger partial charge in [0.2, 0.25) is 0 Å². The van der Waals surface area contributed by atoms with Crippen molar-refractivity contribution in [1.82, 2.24) is 20.9 Å². The lowest BCUT2D eigenvalue weighted by molar-refractivity contribution is 0.0953. The van der Waals surface area contributed by atoms with Crippen molar-refractivity contribution in [2.45, 2.75) is 73.4 Å². The van der Waals surface area contributed by atoms with E-state index in [0.717, 1.165) is 48.5 Å². The third kappa shape index (κ3) is 4.26. The number of nitrogens with zero attached hydrogens (tertiary/aromatic N) is 2. The van der Waals surface area contributed by atoms with Gasteiger partial charge in [-0.25, -0.2) is 5.43 Å². The van der Waals surface area contributed by atoms with Gasteiger partial charge in [0.05, 0.1) is 18.3 Å². The van der Waals surface area contributed by atoms with Gasteiger partial charge in [0.1, 0.15) is 5.76 Å². The third-order valence-corrected chi connectivity index (χ3v) is 6.89. The Balaban J connectivity index is 1.52. The van der Waals surface area contributed by atoms with Crippen molar-refractivity contribution in [3.8, 4) is 0 Å². The van der Waals surface area contributed by atoms with Gasteiger partial charge in [0, 0.05) is 17.7 Å². The highest BCUT2D eigenvalue weighted by molar-refractivity contribution is 5.95. The van der Waals surface area contributed by atoms with Crippen molar-refractivity contribution in [2.24, 2.45) is 11.3 Å². The Bertz CT molecular complexity index is 1010. The largest absolute Gasteiger partial charge is 0.360 e. The Hall–Kier alpha value is -2.60. The molecule has 2 heterocycles. The topological polar surface area (TPSA) is 70.4 Å². The maximum Gasteiger partial charge on any atom is 0.277 e. The molecule has 0 fully saturated rings. The second-order valence-electron chi connectivity index (χ2n) is 10.1. The lowest BCUT2D eigenvalue weighted by Crippen LogP contribution is -2.37. The van der Waals surface area contributed by atoms with Gasteiger partial charge in [-0.15, -0.1) is 0 Å². The maximum absolute atomic E-state index is 13.2. The van der Waals surface area contributed by atoms with Gasteiger partial charge in [-0.1, -0.05) is 50.2 Å². The van der Waals surface area contributed by atoms with Crippen LogP contribution in [0.15, 0.2) is 40.2 Å². The Morgan fingerprint density at radius 1 is 1.29 bits per heavy atom. The summed E-state index contributed by atoms with van der Waals surface area (Å²) < 4.78 is 5.55. The molecule has 0 unspecified atom stereocenters. The van der Waals surface area contributed by atoms with E-state index in [0.29, 0.717) is 11.6 Å². The summed E-state index contributed by atoms with van der Waals surface area (Å²) in [6.45, 7) is 13.8. The van der Waals surface area contributed by atoms with Crippen molar-refractivity contribution in [1.29, 1.82) is 0 Å². The monoisotopic (exact) mass is 422 g/mol. The Labute approximate surface area is 185 Å². The van der Waals surface area contributed by atoms with Gasteiger partial charge in [-0.05, 0) is 56.1 Å². The Morgan fingerprint density at radius 3 is 2.74 bits per heavy atom. The number of aromatic nitrogens is 1. The molecule has 0 saturated heterocycles. The number of hydrogen-bond donors (Lipinski definition) is 2. The van der Waals surface area contributed by atoms with Crippen LogP contribution in [0.5, 0.6) is 0 Å². The zero-order chi connectivity index (χ0) is 22.3. The zero-order valence-electron chi connectivity index (χ0n) is 19.5. The molecule has 0 bridgehead atoms. The zero-order valence-corrected chi connectivity index (χ0v) is 19.5. The summed E-state index contributed by atoms with van der Waals surface area (Å²) in [5.74, 6) is 1.21. The fourth-order valence-electron chi connectivity index (χ4n) is 4.68. The second-order valence-corrected chi connectivity index (χ2v) is 10.1. The van der Waals surface area contributed by atoms with Crippen LogP contribution in [0.2, 0.25) is 0 Å². The van der Waals surface area contributed by atoms with Crippen molar-refractivity contribution in [3.63, 3.8) is 0 Å². The predicted molar refractivity (Wildman–Crippen MR) is 121 cm³/mol. The summed E-state index contributed by atoms with van der Waals surface area (Å²) >= 11 is 0. The van der Waals surface area contributed by atoms with Gasteiger partial charge in [0.25, 0.3) is 5.91 Å². The molecule has 1 amide bonds. The molecule has 1 aromatic heterocycles. The molecule has 166 valence electrons. The molecule has 0 saturated carbocycles. The molecule has 2 atom stereocenters. The van der Waals surface area contributed by atoms with Gasteiger partial charge in [-0.2, -0.15) is 0 Å². The molecule has 2 N–H and O–H groups in total. The molecule has 6 nitrogen and oxygen atoms in total. The average Bonchev–Trinajstić information content (AvgIpc) is 3.25. The number of hydrogen-bond acceptors (Lipinski definition) is 5. The van der Waals surface area contributed by atoms with E-state index in [9.17, 15) is 4.79 Å². The second kappa shape index (κ2) is 8.15. The number of aryl methyl sites for hydroxylation is 2. The van der Waals surface area contributed by atoms with E-state index in [1.807, 2.05) is 6.92 Å². The number of amides is 1.